The minimum absolute atomic E-state index is 0.617. The number of benzene rings is 2. The number of methoxy groups -OCH3 is 2. The quantitative estimate of drug-likeness (QED) is 0.450. The van der Waals surface area contributed by atoms with E-state index in [2.05, 4.69) is 31.4 Å². The molecule has 1 heterocycles. The maximum absolute atomic E-state index is 5.43. The molecule has 0 aliphatic heterocycles. The number of halogens is 1. The van der Waals surface area contributed by atoms with Crippen molar-refractivity contribution >= 4 is 38.6 Å². The van der Waals surface area contributed by atoms with Crippen molar-refractivity contribution in [2.24, 2.45) is 5.10 Å². The number of nitrogens with zero attached hydrogens (tertiary/aromatic N) is 2. The summed E-state index contributed by atoms with van der Waals surface area (Å²) in [6, 6.07) is 13.7. The van der Waals surface area contributed by atoms with E-state index >= 15 is 0 Å². The molecule has 128 valence electrons. The van der Waals surface area contributed by atoms with Crippen LogP contribution in [-0.4, -0.2) is 25.4 Å². The highest BCUT2D eigenvalue weighted by atomic mass is 79.9. The number of anilines is 1. The highest BCUT2D eigenvalue weighted by molar-refractivity contribution is 9.10. The minimum atomic E-state index is 0.617. The molecule has 0 amide bonds. The van der Waals surface area contributed by atoms with Crippen LogP contribution in [0.5, 0.6) is 11.5 Å². The van der Waals surface area contributed by atoms with Crippen LogP contribution in [0.4, 0.5) is 5.13 Å². The fourth-order valence-corrected chi connectivity index (χ4v) is 3.35. The van der Waals surface area contributed by atoms with Gasteiger partial charge in [-0.3, -0.25) is 5.43 Å². The van der Waals surface area contributed by atoms with E-state index in [0.717, 1.165) is 21.3 Å². The third-order valence-corrected chi connectivity index (χ3v) is 4.90. The lowest BCUT2D eigenvalue weighted by atomic mass is 10.2. The van der Waals surface area contributed by atoms with Gasteiger partial charge in [0.1, 0.15) is 0 Å². The van der Waals surface area contributed by atoms with Crippen LogP contribution in [0.25, 0.3) is 11.3 Å². The van der Waals surface area contributed by atoms with Crippen molar-refractivity contribution in [3.63, 3.8) is 0 Å². The van der Waals surface area contributed by atoms with Crippen LogP contribution in [0, 0.1) is 0 Å². The van der Waals surface area contributed by atoms with Crippen LogP contribution in [0.1, 0.15) is 5.56 Å². The molecule has 0 saturated heterocycles. The van der Waals surface area contributed by atoms with E-state index in [1.54, 1.807) is 20.4 Å². The molecule has 1 N–H and O–H groups in total. The van der Waals surface area contributed by atoms with E-state index in [1.165, 1.54) is 11.3 Å². The molecule has 0 saturated carbocycles. The number of hydrazone groups is 1. The predicted molar refractivity (Wildman–Crippen MR) is 106 cm³/mol. The first-order valence-corrected chi connectivity index (χ1v) is 9.10. The van der Waals surface area contributed by atoms with Gasteiger partial charge >= 0.3 is 0 Å². The maximum Gasteiger partial charge on any atom is 0.203 e. The second-order valence-corrected chi connectivity index (χ2v) is 6.68. The van der Waals surface area contributed by atoms with Gasteiger partial charge in [-0.15, -0.1) is 11.3 Å². The summed E-state index contributed by atoms with van der Waals surface area (Å²) in [6.07, 6.45) is 1.68. The van der Waals surface area contributed by atoms with Crippen molar-refractivity contribution in [2.75, 3.05) is 19.6 Å². The molecular weight excluding hydrogens is 402 g/mol. The van der Waals surface area contributed by atoms with Gasteiger partial charge in [0.05, 0.1) is 31.7 Å². The average Bonchev–Trinajstić information content (AvgIpc) is 3.12. The summed E-state index contributed by atoms with van der Waals surface area (Å²) < 4.78 is 11.6. The van der Waals surface area contributed by atoms with E-state index < -0.39 is 0 Å². The van der Waals surface area contributed by atoms with E-state index in [0.29, 0.717) is 16.6 Å². The zero-order valence-electron chi connectivity index (χ0n) is 13.7. The Kier molecular flexibility index (Phi) is 5.67. The van der Waals surface area contributed by atoms with Crippen molar-refractivity contribution in [1.29, 1.82) is 0 Å². The highest BCUT2D eigenvalue weighted by Gasteiger charge is 2.12. The molecule has 1 aromatic heterocycles. The van der Waals surface area contributed by atoms with Crippen molar-refractivity contribution in [3.8, 4) is 22.8 Å². The average molecular weight is 418 g/mol. The Morgan fingerprint density at radius 2 is 1.92 bits per heavy atom. The number of thiazole rings is 1. The number of ether oxygens (including phenoxy) is 2. The summed E-state index contributed by atoms with van der Waals surface area (Å²) in [4.78, 5) is 4.54. The van der Waals surface area contributed by atoms with E-state index in [9.17, 15) is 0 Å². The Bertz CT molecular complexity index is 881. The van der Waals surface area contributed by atoms with Gasteiger partial charge in [-0.05, 0) is 28.1 Å². The highest BCUT2D eigenvalue weighted by Crippen LogP contribution is 2.34. The molecule has 3 rings (SSSR count). The molecule has 0 aliphatic carbocycles. The topological polar surface area (TPSA) is 55.7 Å². The zero-order valence-corrected chi connectivity index (χ0v) is 16.1. The minimum Gasteiger partial charge on any atom is -0.493 e. The molecule has 7 heteroatoms. The van der Waals surface area contributed by atoms with Crippen molar-refractivity contribution in [3.05, 3.63) is 57.9 Å². The molecule has 0 fully saturated rings. The zero-order chi connectivity index (χ0) is 17.6. The Morgan fingerprint density at radius 1 is 1.12 bits per heavy atom. The molecule has 0 aliphatic rings. The van der Waals surface area contributed by atoms with Gasteiger partial charge in [-0.2, -0.15) is 5.10 Å². The SMILES string of the molecule is COc1ccc(Br)c(C=NNc2nc(-c3ccccc3)cs2)c1OC. The summed E-state index contributed by atoms with van der Waals surface area (Å²) in [5.74, 6) is 1.26. The van der Waals surface area contributed by atoms with Crippen LogP contribution in [0.2, 0.25) is 0 Å². The van der Waals surface area contributed by atoms with Gasteiger partial charge in [0.15, 0.2) is 11.5 Å². The number of rotatable bonds is 6. The summed E-state index contributed by atoms with van der Waals surface area (Å²) >= 11 is 5.00. The third kappa shape index (κ3) is 4.00. The molecule has 0 bridgehead atoms. The van der Waals surface area contributed by atoms with Gasteiger partial charge in [-0.1, -0.05) is 30.3 Å². The summed E-state index contributed by atoms with van der Waals surface area (Å²) in [6.45, 7) is 0. The molecule has 0 atom stereocenters. The van der Waals surface area contributed by atoms with Crippen molar-refractivity contribution in [2.45, 2.75) is 0 Å². The smallest absolute Gasteiger partial charge is 0.203 e. The van der Waals surface area contributed by atoms with Crippen molar-refractivity contribution < 1.29 is 9.47 Å². The molecule has 0 spiro atoms. The second-order valence-electron chi connectivity index (χ2n) is 4.97. The second kappa shape index (κ2) is 8.13. The van der Waals surface area contributed by atoms with Crippen LogP contribution in [-0.2, 0) is 0 Å². The molecule has 5 nitrogen and oxygen atoms in total. The largest absolute Gasteiger partial charge is 0.493 e. The van der Waals surface area contributed by atoms with Gasteiger partial charge in [-0.25, -0.2) is 4.98 Å². The fourth-order valence-electron chi connectivity index (χ4n) is 2.27. The number of aromatic nitrogens is 1. The van der Waals surface area contributed by atoms with E-state index in [1.807, 2.05) is 47.8 Å². The Morgan fingerprint density at radius 3 is 2.64 bits per heavy atom. The Labute approximate surface area is 158 Å². The molecule has 0 unspecified atom stereocenters. The van der Waals surface area contributed by atoms with E-state index in [4.69, 9.17) is 9.47 Å². The third-order valence-electron chi connectivity index (χ3n) is 3.46. The van der Waals surface area contributed by atoms with Gasteiger partial charge in [0.25, 0.3) is 0 Å². The molecular formula is C18H16BrN3O2S. The standard InChI is InChI=1S/C18H16BrN3O2S/c1-23-16-9-8-14(19)13(17(16)24-2)10-20-22-18-21-15(11-25-18)12-6-4-3-5-7-12/h3-11H,1-2H3,(H,21,22). The van der Waals surface area contributed by atoms with Crippen LogP contribution >= 0.6 is 27.3 Å². The van der Waals surface area contributed by atoms with Crippen LogP contribution < -0.4 is 14.9 Å². The lowest BCUT2D eigenvalue weighted by Gasteiger charge is -2.11. The molecule has 25 heavy (non-hydrogen) atoms. The Hall–Kier alpha value is -2.38. The first kappa shape index (κ1) is 17.4. The van der Waals surface area contributed by atoms with E-state index in [-0.39, 0.29) is 0 Å². The molecule has 2 aromatic carbocycles. The molecule has 0 radical (unpaired) electrons. The fraction of sp³-hybridized carbons (Fsp3) is 0.111. The molecule has 3 aromatic rings. The van der Waals surface area contributed by atoms with Gasteiger partial charge in [0, 0.05) is 15.4 Å². The lowest BCUT2D eigenvalue weighted by molar-refractivity contribution is 0.354. The van der Waals surface area contributed by atoms with Crippen LogP contribution in [0.15, 0.2) is 57.4 Å². The summed E-state index contributed by atoms with van der Waals surface area (Å²) in [5.41, 5.74) is 5.74. The number of nitrogens with one attached hydrogen (secondary N) is 1. The first-order valence-electron chi connectivity index (χ1n) is 7.43. The lowest BCUT2D eigenvalue weighted by Crippen LogP contribution is -1.98. The summed E-state index contributed by atoms with van der Waals surface area (Å²) in [7, 11) is 3.20. The van der Waals surface area contributed by atoms with Crippen LogP contribution in [0.3, 0.4) is 0 Å². The Balaban J connectivity index is 1.77. The number of hydrogen-bond acceptors (Lipinski definition) is 6. The monoisotopic (exact) mass is 417 g/mol. The summed E-state index contributed by atoms with van der Waals surface area (Å²) in [5, 5.41) is 6.98. The first-order chi connectivity index (χ1) is 12.2. The normalized spacial score (nSPS) is 10.8. The van der Waals surface area contributed by atoms with Gasteiger partial charge in [0.2, 0.25) is 5.13 Å². The predicted octanol–water partition coefficient (Wildman–Crippen LogP) is 5.04. The van der Waals surface area contributed by atoms with Gasteiger partial charge < -0.3 is 9.47 Å². The number of hydrogen-bond donors (Lipinski definition) is 1. The van der Waals surface area contributed by atoms with Crippen molar-refractivity contribution in [1.82, 2.24) is 4.98 Å². The maximum atomic E-state index is 5.43.